The van der Waals surface area contributed by atoms with Crippen molar-refractivity contribution >= 4 is 23.2 Å². The molecule has 2 aromatic rings. The van der Waals surface area contributed by atoms with Crippen molar-refractivity contribution in [3.8, 4) is 0 Å². The Bertz CT molecular complexity index is 541. The Labute approximate surface area is 117 Å². The number of aryl methyl sites for hydroxylation is 1. The van der Waals surface area contributed by atoms with E-state index >= 15 is 0 Å². The monoisotopic (exact) mass is 280 g/mol. The molecule has 2 rings (SSSR count). The Morgan fingerprint density at radius 1 is 1.11 bits per heavy atom. The minimum absolute atomic E-state index is 0.496. The van der Waals surface area contributed by atoms with Gasteiger partial charge in [0.2, 0.25) is 0 Å². The zero-order valence-corrected chi connectivity index (χ0v) is 11.7. The average Bonchev–Trinajstić information content (AvgIpc) is 2.32. The summed E-state index contributed by atoms with van der Waals surface area (Å²) in [5.41, 5.74) is 2.00. The van der Waals surface area contributed by atoms with Gasteiger partial charge in [-0.1, -0.05) is 54.7 Å². The fourth-order valence-electron chi connectivity index (χ4n) is 1.79. The Kier molecular flexibility index (Phi) is 4.56. The molecular formula is C14H14Cl2N2. The summed E-state index contributed by atoms with van der Waals surface area (Å²) in [6.07, 6.45) is 2.56. The van der Waals surface area contributed by atoms with Gasteiger partial charge in [-0.05, 0) is 24.1 Å². The van der Waals surface area contributed by atoms with Crippen molar-refractivity contribution in [1.82, 2.24) is 9.97 Å². The maximum atomic E-state index is 6.13. The van der Waals surface area contributed by atoms with Crippen LogP contribution in [0.5, 0.6) is 0 Å². The van der Waals surface area contributed by atoms with E-state index in [1.165, 1.54) is 0 Å². The zero-order chi connectivity index (χ0) is 13.0. The first-order valence-electron chi connectivity index (χ1n) is 5.94. The fourth-order valence-corrected chi connectivity index (χ4v) is 2.22. The van der Waals surface area contributed by atoms with E-state index in [0.717, 1.165) is 34.9 Å². The summed E-state index contributed by atoms with van der Waals surface area (Å²) in [6, 6.07) is 9.54. The van der Waals surface area contributed by atoms with Crippen molar-refractivity contribution in [2.45, 2.75) is 26.2 Å². The quantitative estimate of drug-likeness (QED) is 0.780. The van der Waals surface area contributed by atoms with E-state index in [4.69, 9.17) is 23.2 Å². The predicted molar refractivity (Wildman–Crippen MR) is 75.3 cm³/mol. The molecule has 0 aliphatic rings. The van der Waals surface area contributed by atoms with E-state index in [-0.39, 0.29) is 0 Å². The van der Waals surface area contributed by atoms with Gasteiger partial charge in [0.25, 0.3) is 0 Å². The third-order valence-corrected chi connectivity index (χ3v) is 3.17. The summed E-state index contributed by atoms with van der Waals surface area (Å²) in [4.78, 5) is 8.75. The van der Waals surface area contributed by atoms with Crippen LogP contribution in [-0.2, 0) is 12.8 Å². The Hall–Kier alpha value is -1.12. The Balaban J connectivity index is 2.26. The second kappa shape index (κ2) is 6.17. The van der Waals surface area contributed by atoms with Crippen LogP contribution in [0.4, 0.5) is 0 Å². The Morgan fingerprint density at radius 2 is 1.89 bits per heavy atom. The third-order valence-electron chi connectivity index (χ3n) is 2.61. The molecule has 0 N–H and O–H groups in total. The molecule has 0 saturated carbocycles. The third kappa shape index (κ3) is 3.44. The maximum Gasteiger partial charge on any atom is 0.134 e. The van der Waals surface area contributed by atoms with Crippen molar-refractivity contribution in [3.63, 3.8) is 0 Å². The van der Waals surface area contributed by atoms with Crippen molar-refractivity contribution in [2.75, 3.05) is 0 Å². The number of halogens is 2. The zero-order valence-electron chi connectivity index (χ0n) is 10.2. The molecule has 0 aliphatic carbocycles. The highest BCUT2D eigenvalue weighted by atomic mass is 35.5. The summed E-state index contributed by atoms with van der Waals surface area (Å²) in [7, 11) is 0. The molecule has 1 heterocycles. The van der Waals surface area contributed by atoms with E-state index in [1.54, 1.807) is 0 Å². The first-order valence-corrected chi connectivity index (χ1v) is 6.70. The van der Waals surface area contributed by atoms with Gasteiger partial charge in [-0.15, -0.1) is 0 Å². The summed E-state index contributed by atoms with van der Waals surface area (Å²) in [6.45, 7) is 2.11. The number of aromatic nitrogens is 2. The van der Waals surface area contributed by atoms with Crippen molar-refractivity contribution in [2.24, 2.45) is 0 Å². The molecule has 0 atom stereocenters. The van der Waals surface area contributed by atoms with Crippen molar-refractivity contribution < 1.29 is 0 Å². The van der Waals surface area contributed by atoms with Crippen LogP contribution >= 0.6 is 23.2 Å². The Morgan fingerprint density at radius 3 is 2.61 bits per heavy atom. The van der Waals surface area contributed by atoms with Crippen LogP contribution in [0.25, 0.3) is 0 Å². The van der Waals surface area contributed by atoms with E-state index in [1.807, 2.05) is 30.3 Å². The predicted octanol–water partition coefficient (Wildman–Crippen LogP) is 4.33. The standard InChI is InChI=1S/C14H14Cl2N2/c1-2-5-11-9-13(16)18-14(17-11)8-10-6-3-4-7-12(10)15/h3-4,6-7,9H,2,5,8H2,1H3. The van der Waals surface area contributed by atoms with E-state index in [9.17, 15) is 0 Å². The van der Waals surface area contributed by atoms with E-state index in [2.05, 4.69) is 16.9 Å². The summed E-state index contributed by atoms with van der Waals surface area (Å²) in [5.74, 6) is 0.721. The highest BCUT2D eigenvalue weighted by molar-refractivity contribution is 6.31. The smallest absolute Gasteiger partial charge is 0.134 e. The molecule has 2 nitrogen and oxygen atoms in total. The molecule has 0 spiro atoms. The average molecular weight is 281 g/mol. The summed E-state index contributed by atoms with van der Waals surface area (Å²) < 4.78 is 0. The topological polar surface area (TPSA) is 25.8 Å². The van der Waals surface area contributed by atoms with Gasteiger partial charge in [0.05, 0.1) is 0 Å². The van der Waals surface area contributed by atoms with Crippen LogP contribution in [0.15, 0.2) is 30.3 Å². The normalized spacial score (nSPS) is 10.6. The lowest BCUT2D eigenvalue weighted by molar-refractivity contribution is 0.841. The summed E-state index contributed by atoms with van der Waals surface area (Å²) >= 11 is 12.1. The molecule has 1 aromatic carbocycles. The van der Waals surface area contributed by atoms with Gasteiger partial charge in [0.1, 0.15) is 11.0 Å². The van der Waals surface area contributed by atoms with Gasteiger partial charge in [-0.3, -0.25) is 0 Å². The molecule has 0 aliphatic heterocycles. The van der Waals surface area contributed by atoms with Crippen LogP contribution in [-0.4, -0.2) is 9.97 Å². The fraction of sp³-hybridized carbons (Fsp3) is 0.286. The molecule has 18 heavy (non-hydrogen) atoms. The molecule has 0 fully saturated rings. The molecule has 0 radical (unpaired) electrons. The maximum absolute atomic E-state index is 6.13. The molecule has 94 valence electrons. The van der Waals surface area contributed by atoms with Gasteiger partial charge < -0.3 is 0 Å². The van der Waals surface area contributed by atoms with Crippen LogP contribution in [0.3, 0.4) is 0 Å². The number of hydrogen-bond donors (Lipinski definition) is 0. The van der Waals surface area contributed by atoms with Crippen LogP contribution < -0.4 is 0 Å². The lowest BCUT2D eigenvalue weighted by atomic mass is 10.1. The SMILES string of the molecule is CCCc1cc(Cl)nc(Cc2ccccc2Cl)n1. The number of hydrogen-bond acceptors (Lipinski definition) is 2. The van der Waals surface area contributed by atoms with Crippen molar-refractivity contribution in [1.29, 1.82) is 0 Å². The second-order valence-electron chi connectivity index (χ2n) is 4.12. The van der Waals surface area contributed by atoms with E-state index in [0.29, 0.717) is 11.6 Å². The lowest BCUT2D eigenvalue weighted by Gasteiger charge is -2.06. The largest absolute Gasteiger partial charge is 0.237 e. The molecule has 0 saturated heterocycles. The molecule has 0 bridgehead atoms. The first kappa shape index (κ1) is 13.3. The van der Waals surface area contributed by atoms with Gasteiger partial charge >= 0.3 is 0 Å². The number of rotatable bonds is 4. The second-order valence-corrected chi connectivity index (χ2v) is 4.91. The number of benzene rings is 1. The number of nitrogens with zero attached hydrogens (tertiary/aromatic N) is 2. The summed E-state index contributed by atoms with van der Waals surface area (Å²) in [5, 5.41) is 1.23. The van der Waals surface area contributed by atoms with Crippen molar-refractivity contribution in [3.05, 3.63) is 57.6 Å². The van der Waals surface area contributed by atoms with Gasteiger partial charge in [0.15, 0.2) is 0 Å². The highest BCUT2D eigenvalue weighted by Crippen LogP contribution is 2.18. The highest BCUT2D eigenvalue weighted by Gasteiger charge is 2.06. The minimum Gasteiger partial charge on any atom is -0.237 e. The van der Waals surface area contributed by atoms with Gasteiger partial charge in [-0.2, -0.15) is 0 Å². The van der Waals surface area contributed by atoms with Crippen LogP contribution in [0, 0.1) is 0 Å². The molecule has 4 heteroatoms. The molecular weight excluding hydrogens is 267 g/mol. The minimum atomic E-state index is 0.496. The lowest BCUT2D eigenvalue weighted by Crippen LogP contribution is -2.01. The molecule has 0 amide bonds. The van der Waals surface area contributed by atoms with Crippen LogP contribution in [0.1, 0.15) is 30.4 Å². The van der Waals surface area contributed by atoms with Gasteiger partial charge in [-0.25, -0.2) is 9.97 Å². The van der Waals surface area contributed by atoms with Crippen LogP contribution in [0.2, 0.25) is 10.2 Å². The molecule has 0 unspecified atom stereocenters. The van der Waals surface area contributed by atoms with E-state index < -0.39 is 0 Å². The first-order chi connectivity index (χ1) is 8.69. The van der Waals surface area contributed by atoms with Gasteiger partial charge in [0, 0.05) is 17.1 Å². The molecule has 1 aromatic heterocycles.